The molecule has 0 bridgehead atoms. The highest BCUT2D eigenvalue weighted by Crippen LogP contribution is 2.42. The fraction of sp³-hybridized carbons (Fsp3) is 0.467. The Labute approximate surface area is 138 Å². The molecular formula is C15H16Cl2N2O3. The molecule has 0 spiro atoms. The van der Waals surface area contributed by atoms with Gasteiger partial charge >= 0.3 is 0 Å². The van der Waals surface area contributed by atoms with Gasteiger partial charge in [-0.05, 0) is 18.6 Å². The molecule has 2 aliphatic heterocycles. The average molecular weight is 343 g/mol. The van der Waals surface area contributed by atoms with Gasteiger partial charge < -0.3 is 15.4 Å². The average Bonchev–Trinajstić information content (AvgIpc) is 2.90. The van der Waals surface area contributed by atoms with Crippen molar-refractivity contribution < 1.29 is 14.3 Å². The number of carbonyl (C=O) groups is 2. The molecule has 2 N–H and O–H groups in total. The van der Waals surface area contributed by atoms with E-state index in [1.807, 2.05) is 0 Å². The third-order valence-electron chi connectivity index (χ3n) is 4.67. The third-order valence-corrected chi connectivity index (χ3v) is 5.49. The summed E-state index contributed by atoms with van der Waals surface area (Å²) < 4.78 is 5.44. The monoisotopic (exact) mass is 342 g/mol. The van der Waals surface area contributed by atoms with Crippen LogP contribution in [-0.4, -0.2) is 43.0 Å². The lowest BCUT2D eigenvalue weighted by Crippen LogP contribution is -2.48. The summed E-state index contributed by atoms with van der Waals surface area (Å²) in [7, 11) is 0. The Hall–Kier alpha value is -1.30. The zero-order valence-corrected chi connectivity index (χ0v) is 13.4. The van der Waals surface area contributed by atoms with Crippen LogP contribution in [-0.2, 0) is 9.53 Å². The van der Waals surface area contributed by atoms with Crippen LogP contribution in [0, 0.1) is 11.3 Å². The van der Waals surface area contributed by atoms with E-state index in [1.54, 1.807) is 23.1 Å². The Morgan fingerprint density at radius 1 is 1.36 bits per heavy atom. The molecule has 2 atom stereocenters. The molecule has 2 amide bonds. The zero-order valence-electron chi connectivity index (χ0n) is 11.9. The number of likely N-dealkylation sites (tertiary alicyclic amines) is 1. The molecule has 1 aromatic carbocycles. The molecule has 2 saturated heterocycles. The molecule has 0 aromatic heterocycles. The predicted octanol–water partition coefficient (Wildman–Crippen LogP) is 1.96. The van der Waals surface area contributed by atoms with E-state index in [0.29, 0.717) is 43.3 Å². The number of carbonyl (C=O) groups excluding carboxylic acids is 2. The Kier molecular flexibility index (Phi) is 4.05. The van der Waals surface area contributed by atoms with Crippen LogP contribution in [0.5, 0.6) is 0 Å². The lowest BCUT2D eigenvalue weighted by atomic mass is 9.74. The number of halogens is 2. The first-order valence-corrected chi connectivity index (χ1v) is 7.82. The molecule has 22 heavy (non-hydrogen) atoms. The van der Waals surface area contributed by atoms with Crippen LogP contribution in [0.15, 0.2) is 18.2 Å². The van der Waals surface area contributed by atoms with Gasteiger partial charge in [-0.25, -0.2) is 0 Å². The summed E-state index contributed by atoms with van der Waals surface area (Å²) in [6.45, 7) is 1.66. The highest BCUT2D eigenvalue weighted by molar-refractivity contribution is 6.43. The minimum absolute atomic E-state index is 0.0688. The van der Waals surface area contributed by atoms with Gasteiger partial charge in [0.2, 0.25) is 5.91 Å². The number of rotatable bonds is 2. The van der Waals surface area contributed by atoms with Crippen molar-refractivity contribution in [2.75, 3.05) is 26.3 Å². The highest BCUT2D eigenvalue weighted by Gasteiger charge is 2.53. The highest BCUT2D eigenvalue weighted by atomic mass is 35.5. The van der Waals surface area contributed by atoms with Crippen molar-refractivity contribution in [2.45, 2.75) is 6.42 Å². The number of hydrogen-bond acceptors (Lipinski definition) is 3. The molecule has 0 radical (unpaired) electrons. The zero-order chi connectivity index (χ0) is 15.9. The number of nitrogens with zero attached hydrogens (tertiary/aromatic N) is 1. The van der Waals surface area contributed by atoms with Crippen LogP contribution >= 0.6 is 23.2 Å². The molecule has 0 unspecified atom stereocenters. The van der Waals surface area contributed by atoms with Crippen LogP contribution in [0.25, 0.3) is 0 Å². The first-order chi connectivity index (χ1) is 10.5. The van der Waals surface area contributed by atoms with Gasteiger partial charge in [-0.15, -0.1) is 0 Å². The fourth-order valence-electron chi connectivity index (χ4n) is 3.35. The van der Waals surface area contributed by atoms with E-state index in [1.165, 1.54) is 0 Å². The number of amides is 2. The van der Waals surface area contributed by atoms with Gasteiger partial charge in [-0.1, -0.05) is 29.3 Å². The van der Waals surface area contributed by atoms with Crippen LogP contribution in [0.1, 0.15) is 16.8 Å². The third kappa shape index (κ3) is 2.37. The van der Waals surface area contributed by atoms with E-state index in [2.05, 4.69) is 0 Å². The van der Waals surface area contributed by atoms with Gasteiger partial charge in [0.05, 0.1) is 27.6 Å². The maximum absolute atomic E-state index is 12.7. The Bertz CT molecular complexity index is 637. The fourth-order valence-corrected chi connectivity index (χ4v) is 3.73. The lowest BCUT2D eigenvalue weighted by Gasteiger charge is -2.34. The Balaban J connectivity index is 1.89. The normalized spacial score (nSPS) is 27.5. The number of primary amides is 1. The molecule has 5 nitrogen and oxygen atoms in total. The summed E-state index contributed by atoms with van der Waals surface area (Å²) in [6, 6.07) is 4.94. The molecular weight excluding hydrogens is 327 g/mol. The predicted molar refractivity (Wildman–Crippen MR) is 82.9 cm³/mol. The van der Waals surface area contributed by atoms with Crippen LogP contribution < -0.4 is 5.73 Å². The maximum atomic E-state index is 12.7. The van der Waals surface area contributed by atoms with Gasteiger partial charge in [0.15, 0.2) is 0 Å². The van der Waals surface area contributed by atoms with Crippen molar-refractivity contribution in [1.29, 1.82) is 0 Å². The molecule has 3 rings (SSSR count). The largest absolute Gasteiger partial charge is 0.381 e. The summed E-state index contributed by atoms with van der Waals surface area (Å²) in [6.07, 6.45) is 0.542. The summed E-state index contributed by atoms with van der Waals surface area (Å²) >= 11 is 12.1. The van der Waals surface area contributed by atoms with Crippen molar-refractivity contribution >= 4 is 35.0 Å². The van der Waals surface area contributed by atoms with Gasteiger partial charge in [-0.2, -0.15) is 0 Å². The quantitative estimate of drug-likeness (QED) is 0.892. The lowest BCUT2D eigenvalue weighted by molar-refractivity contribution is -0.135. The van der Waals surface area contributed by atoms with E-state index in [9.17, 15) is 9.59 Å². The van der Waals surface area contributed by atoms with Gasteiger partial charge in [-0.3, -0.25) is 9.59 Å². The number of hydrogen-bond donors (Lipinski definition) is 1. The van der Waals surface area contributed by atoms with E-state index >= 15 is 0 Å². The first-order valence-electron chi connectivity index (χ1n) is 7.06. The van der Waals surface area contributed by atoms with Crippen molar-refractivity contribution in [3.8, 4) is 0 Å². The molecule has 0 aliphatic carbocycles. The van der Waals surface area contributed by atoms with Crippen LogP contribution in [0.3, 0.4) is 0 Å². The van der Waals surface area contributed by atoms with E-state index in [-0.39, 0.29) is 22.8 Å². The molecule has 2 heterocycles. The minimum atomic E-state index is -0.695. The van der Waals surface area contributed by atoms with Gasteiger partial charge in [0.1, 0.15) is 0 Å². The SMILES string of the molecule is NC(=O)[C@]12CCOC[C@H]1CN(C(=O)c1cccc(Cl)c1Cl)C2. The summed E-state index contributed by atoms with van der Waals surface area (Å²) in [4.78, 5) is 26.3. The molecule has 0 saturated carbocycles. The molecule has 7 heteroatoms. The van der Waals surface area contributed by atoms with Crippen LogP contribution in [0.4, 0.5) is 0 Å². The first kappa shape index (κ1) is 15.6. The Morgan fingerprint density at radius 3 is 2.82 bits per heavy atom. The minimum Gasteiger partial charge on any atom is -0.381 e. The maximum Gasteiger partial charge on any atom is 0.255 e. The van der Waals surface area contributed by atoms with Crippen molar-refractivity contribution in [3.05, 3.63) is 33.8 Å². The van der Waals surface area contributed by atoms with E-state index in [0.717, 1.165) is 0 Å². The number of ether oxygens (including phenoxy) is 1. The van der Waals surface area contributed by atoms with Gasteiger partial charge in [0.25, 0.3) is 5.91 Å². The number of fused-ring (bicyclic) bond motifs is 1. The topological polar surface area (TPSA) is 72.6 Å². The van der Waals surface area contributed by atoms with Crippen molar-refractivity contribution in [3.63, 3.8) is 0 Å². The standard InChI is InChI=1S/C15H16Cl2N2O3/c16-11-3-1-2-10(12(11)17)13(20)19-6-9-7-22-5-4-15(9,8-19)14(18)21/h1-3,9H,4-8H2,(H2,18,21)/t9-,15+/m1/s1. The second-order valence-electron chi connectivity index (χ2n) is 5.83. The Morgan fingerprint density at radius 2 is 2.14 bits per heavy atom. The molecule has 118 valence electrons. The van der Waals surface area contributed by atoms with Crippen molar-refractivity contribution in [1.82, 2.24) is 4.90 Å². The summed E-state index contributed by atoms with van der Waals surface area (Å²) in [5, 5.41) is 0.561. The second-order valence-corrected chi connectivity index (χ2v) is 6.61. The van der Waals surface area contributed by atoms with Crippen LogP contribution in [0.2, 0.25) is 10.0 Å². The second kappa shape index (κ2) is 5.72. The molecule has 2 aliphatic rings. The smallest absolute Gasteiger partial charge is 0.255 e. The molecule has 2 fully saturated rings. The summed E-state index contributed by atoms with van der Waals surface area (Å²) in [5.41, 5.74) is 5.26. The van der Waals surface area contributed by atoms with E-state index < -0.39 is 5.41 Å². The van der Waals surface area contributed by atoms with Crippen molar-refractivity contribution in [2.24, 2.45) is 17.1 Å². The molecule has 1 aromatic rings. The summed E-state index contributed by atoms with van der Waals surface area (Å²) in [5.74, 6) is -0.670. The number of benzene rings is 1. The van der Waals surface area contributed by atoms with Gasteiger partial charge in [0, 0.05) is 25.6 Å². The number of nitrogens with two attached hydrogens (primary N) is 1. The van der Waals surface area contributed by atoms with E-state index in [4.69, 9.17) is 33.7 Å².